The molecule has 2 aliphatic heterocycles. The Labute approximate surface area is 157 Å². The normalized spacial score (nSPS) is 25.8. The van der Waals surface area contributed by atoms with E-state index in [-0.39, 0.29) is 5.54 Å². The molecule has 1 aromatic rings. The number of carbonyl (C=O) groups is 1. The van der Waals surface area contributed by atoms with Gasteiger partial charge in [-0.15, -0.1) is 0 Å². The highest BCUT2D eigenvalue weighted by atomic mass is 16.2. The number of hydrogen-bond donors (Lipinski definition) is 1. The number of aryl methyl sites for hydroxylation is 1. The molecule has 0 saturated carbocycles. The number of aromatic amines is 1. The molecule has 6 nitrogen and oxygen atoms in total. The second-order valence-corrected chi connectivity index (χ2v) is 8.04. The van der Waals surface area contributed by atoms with Gasteiger partial charge in [-0.05, 0) is 33.2 Å². The lowest BCUT2D eigenvalue weighted by Gasteiger charge is -2.49. The summed E-state index contributed by atoms with van der Waals surface area (Å²) >= 11 is 0. The number of H-pyrrole nitrogens is 1. The van der Waals surface area contributed by atoms with Gasteiger partial charge in [0.25, 0.3) is 0 Å². The van der Waals surface area contributed by atoms with Gasteiger partial charge in [-0.1, -0.05) is 13.3 Å². The summed E-state index contributed by atoms with van der Waals surface area (Å²) in [5, 5.41) is 0. The van der Waals surface area contributed by atoms with E-state index in [0.29, 0.717) is 12.3 Å². The largest absolute Gasteiger partial charge is 0.345 e. The molecule has 0 aromatic carbocycles. The Morgan fingerprint density at radius 1 is 1.23 bits per heavy atom. The van der Waals surface area contributed by atoms with Crippen molar-refractivity contribution >= 4 is 5.91 Å². The maximum absolute atomic E-state index is 12.3. The highest BCUT2D eigenvalue weighted by Crippen LogP contribution is 2.32. The van der Waals surface area contributed by atoms with Crippen molar-refractivity contribution in [3.8, 4) is 0 Å². The van der Waals surface area contributed by atoms with Gasteiger partial charge in [0.1, 0.15) is 5.82 Å². The molecule has 26 heavy (non-hydrogen) atoms. The molecular formula is C20H35N5O. The highest BCUT2D eigenvalue weighted by Gasteiger charge is 2.42. The summed E-state index contributed by atoms with van der Waals surface area (Å²) in [5.41, 5.74) is 1.35. The molecule has 0 aliphatic carbocycles. The Morgan fingerprint density at radius 3 is 2.85 bits per heavy atom. The van der Waals surface area contributed by atoms with Crippen LogP contribution in [0.5, 0.6) is 0 Å². The Balaban J connectivity index is 1.64. The van der Waals surface area contributed by atoms with Gasteiger partial charge in [0, 0.05) is 69.5 Å². The molecule has 146 valence electrons. The van der Waals surface area contributed by atoms with Crippen molar-refractivity contribution in [2.75, 3.05) is 39.8 Å². The molecule has 1 aromatic heterocycles. The predicted octanol–water partition coefficient (Wildman–Crippen LogP) is 2.27. The van der Waals surface area contributed by atoms with Crippen LogP contribution in [-0.2, 0) is 17.8 Å². The van der Waals surface area contributed by atoms with Crippen LogP contribution in [0, 0.1) is 0 Å². The smallest absolute Gasteiger partial charge is 0.222 e. The SMILES string of the molecule is CCCCc1ncc(CN2CCN(C)[C@]3(CCC(=O)N(CC)CC3)C2)[nH]1. The van der Waals surface area contributed by atoms with Crippen LogP contribution < -0.4 is 0 Å². The molecule has 1 atom stereocenters. The van der Waals surface area contributed by atoms with Crippen LogP contribution >= 0.6 is 0 Å². The third kappa shape index (κ3) is 4.29. The zero-order valence-electron chi connectivity index (χ0n) is 16.8. The number of carbonyl (C=O) groups excluding carboxylic acids is 1. The standard InChI is InChI=1S/C20H35N5O/c1-4-6-7-18-21-14-17(22-18)15-24-13-12-23(3)20(16-24)9-8-19(26)25(5-2)11-10-20/h14H,4-13,15-16H2,1-3H3,(H,21,22)/t20-/m0/s1. The van der Waals surface area contributed by atoms with E-state index in [1.54, 1.807) is 0 Å². The average molecular weight is 362 g/mol. The fraction of sp³-hybridized carbons (Fsp3) is 0.800. The van der Waals surface area contributed by atoms with Gasteiger partial charge in [0.05, 0.1) is 0 Å². The molecule has 2 aliphatic rings. The van der Waals surface area contributed by atoms with Crippen molar-refractivity contribution in [3.05, 3.63) is 17.7 Å². The van der Waals surface area contributed by atoms with Crippen LogP contribution in [-0.4, -0.2) is 75.9 Å². The van der Waals surface area contributed by atoms with Crippen molar-refractivity contribution in [2.24, 2.45) is 0 Å². The number of aromatic nitrogens is 2. The molecular weight excluding hydrogens is 326 g/mol. The number of nitrogens with one attached hydrogen (secondary N) is 1. The third-order valence-electron chi connectivity index (χ3n) is 6.31. The third-order valence-corrected chi connectivity index (χ3v) is 6.31. The zero-order chi connectivity index (χ0) is 18.6. The molecule has 1 amide bonds. The van der Waals surface area contributed by atoms with Crippen LogP contribution in [0.4, 0.5) is 0 Å². The Bertz CT molecular complexity index is 601. The van der Waals surface area contributed by atoms with Gasteiger partial charge in [0.2, 0.25) is 5.91 Å². The molecule has 2 saturated heterocycles. The molecule has 3 rings (SSSR count). The number of rotatable bonds is 6. The molecule has 1 N–H and O–H groups in total. The van der Waals surface area contributed by atoms with Crippen LogP contribution in [0.25, 0.3) is 0 Å². The van der Waals surface area contributed by atoms with E-state index in [4.69, 9.17) is 0 Å². The Kier molecular flexibility index (Phi) is 6.35. The van der Waals surface area contributed by atoms with E-state index >= 15 is 0 Å². The summed E-state index contributed by atoms with van der Waals surface area (Å²) in [6, 6.07) is 0. The molecule has 3 heterocycles. The quantitative estimate of drug-likeness (QED) is 0.844. The van der Waals surface area contributed by atoms with Crippen LogP contribution in [0.15, 0.2) is 6.20 Å². The summed E-state index contributed by atoms with van der Waals surface area (Å²) in [5.74, 6) is 1.44. The van der Waals surface area contributed by atoms with Gasteiger partial charge < -0.3 is 9.88 Å². The number of nitrogens with zero attached hydrogens (tertiary/aromatic N) is 4. The second kappa shape index (κ2) is 8.53. The lowest BCUT2D eigenvalue weighted by molar-refractivity contribution is -0.130. The molecule has 0 radical (unpaired) electrons. The van der Waals surface area contributed by atoms with Crippen molar-refractivity contribution in [3.63, 3.8) is 0 Å². The van der Waals surface area contributed by atoms with Crippen LogP contribution in [0.3, 0.4) is 0 Å². The summed E-state index contributed by atoms with van der Waals surface area (Å²) < 4.78 is 0. The lowest BCUT2D eigenvalue weighted by atomic mass is 9.86. The highest BCUT2D eigenvalue weighted by molar-refractivity contribution is 5.76. The number of piperazine rings is 1. The molecule has 2 fully saturated rings. The van der Waals surface area contributed by atoms with E-state index in [2.05, 4.69) is 40.7 Å². The number of likely N-dealkylation sites (N-methyl/N-ethyl adjacent to an activating group) is 1. The second-order valence-electron chi connectivity index (χ2n) is 8.04. The lowest BCUT2D eigenvalue weighted by Crippen LogP contribution is -2.60. The summed E-state index contributed by atoms with van der Waals surface area (Å²) in [4.78, 5) is 27.4. The molecule has 6 heteroatoms. The minimum atomic E-state index is 0.128. The maximum atomic E-state index is 12.3. The van der Waals surface area contributed by atoms with Crippen molar-refractivity contribution < 1.29 is 4.79 Å². The monoisotopic (exact) mass is 361 g/mol. The van der Waals surface area contributed by atoms with Gasteiger partial charge in [-0.25, -0.2) is 4.98 Å². The van der Waals surface area contributed by atoms with E-state index in [1.165, 1.54) is 18.5 Å². The van der Waals surface area contributed by atoms with Crippen molar-refractivity contribution in [2.45, 2.75) is 64.5 Å². The fourth-order valence-corrected chi connectivity index (χ4v) is 4.44. The van der Waals surface area contributed by atoms with Gasteiger partial charge in [0.15, 0.2) is 0 Å². The summed E-state index contributed by atoms with van der Waals surface area (Å²) in [6.07, 6.45) is 8.15. The summed E-state index contributed by atoms with van der Waals surface area (Å²) in [7, 11) is 2.24. The minimum absolute atomic E-state index is 0.128. The number of likely N-dealkylation sites (tertiary alicyclic amines) is 1. The number of amides is 1. The predicted molar refractivity (Wildman–Crippen MR) is 104 cm³/mol. The number of unbranched alkanes of at least 4 members (excludes halogenated alkanes) is 1. The maximum Gasteiger partial charge on any atom is 0.222 e. The molecule has 0 unspecified atom stereocenters. The average Bonchev–Trinajstić information content (AvgIpc) is 3.02. The van der Waals surface area contributed by atoms with Gasteiger partial charge in [-0.3, -0.25) is 14.6 Å². The van der Waals surface area contributed by atoms with E-state index < -0.39 is 0 Å². The first-order valence-electron chi connectivity index (χ1n) is 10.3. The number of imidazole rings is 1. The van der Waals surface area contributed by atoms with Gasteiger partial charge in [-0.2, -0.15) is 0 Å². The van der Waals surface area contributed by atoms with Crippen molar-refractivity contribution in [1.29, 1.82) is 0 Å². The van der Waals surface area contributed by atoms with Crippen molar-refractivity contribution in [1.82, 2.24) is 24.7 Å². The zero-order valence-corrected chi connectivity index (χ0v) is 16.8. The van der Waals surface area contributed by atoms with E-state index in [9.17, 15) is 4.79 Å². The Hall–Kier alpha value is -1.40. The Morgan fingerprint density at radius 2 is 2.08 bits per heavy atom. The minimum Gasteiger partial charge on any atom is -0.345 e. The van der Waals surface area contributed by atoms with Crippen LogP contribution in [0.2, 0.25) is 0 Å². The fourth-order valence-electron chi connectivity index (χ4n) is 4.44. The number of hydrogen-bond acceptors (Lipinski definition) is 4. The summed E-state index contributed by atoms with van der Waals surface area (Å²) in [6.45, 7) is 10.1. The first-order valence-corrected chi connectivity index (χ1v) is 10.3. The topological polar surface area (TPSA) is 55.5 Å². The van der Waals surface area contributed by atoms with Crippen LogP contribution in [0.1, 0.15) is 57.5 Å². The van der Waals surface area contributed by atoms with E-state index in [0.717, 1.165) is 64.4 Å². The van der Waals surface area contributed by atoms with E-state index in [1.807, 2.05) is 11.1 Å². The molecule has 1 spiro atoms. The van der Waals surface area contributed by atoms with Gasteiger partial charge >= 0.3 is 0 Å². The molecule has 0 bridgehead atoms. The first-order chi connectivity index (χ1) is 12.6. The first kappa shape index (κ1) is 19.4.